The summed E-state index contributed by atoms with van der Waals surface area (Å²) in [6, 6.07) is 9.47. The van der Waals surface area contributed by atoms with Gasteiger partial charge in [0.15, 0.2) is 5.78 Å². The van der Waals surface area contributed by atoms with Crippen LogP contribution >= 0.6 is 0 Å². The smallest absolute Gasteiger partial charge is 0.303 e. The van der Waals surface area contributed by atoms with Crippen LogP contribution in [0.4, 0.5) is 11.4 Å². The third kappa shape index (κ3) is 2.58. The van der Waals surface area contributed by atoms with Crippen LogP contribution < -0.4 is 9.80 Å². The number of anilines is 2. The minimum absolute atomic E-state index is 0.0162. The average molecular weight is 285 g/mol. The number of hydrogen-bond acceptors (Lipinski definition) is 5. The fourth-order valence-electron chi connectivity index (χ4n) is 2.40. The quantitative estimate of drug-likeness (QED) is 0.670. The molecule has 0 atom stereocenters. The highest BCUT2D eigenvalue weighted by Crippen LogP contribution is 2.40. The van der Waals surface area contributed by atoms with Gasteiger partial charge in [-0.25, -0.2) is 0 Å². The van der Waals surface area contributed by atoms with Gasteiger partial charge >= 0.3 is 5.97 Å². The number of hydrogen-bond donors (Lipinski definition) is 1. The van der Waals surface area contributed by atoms with Crippen molar-refractivity contribution in [3.8, 4) is 6.07 Å². The number of carbonyl (C=O) groups excluding carboxylic acids is 1. The largest absolute Gasteiger partial charge is 0.481 e. The molecule has 6 heteroatoms. The van der Waals surface area contributed by atoms with Crippen molar-refractivity contribution >= 4 is 23.1 Å². The first kappa shape index (κ1) is 14.6. The maximum Gasteiger partial charge on any atom is 0.303 e. The Kier molecular flexibility index (Phi) is 3.94. The molecule has 1 aliphatic rings. The molecule has 2 rings (SSSR count). The number of carboxylic acid groups (broad SMARTS) is 1. The molecule has 1 N–H and O–H groups in total. The van der Waals surface area contributed by atoms with Gasteiger partial charge in [0.1, 0.15) is 17.5 Å². The summed E-state index contributed by atoms with van der Waals surface area (Å²) in [5.41, 5.74) is 1.78. The fourth-order valence-corrected chi connectivity index (χ4v) is 2.40. The molecule has 0 bridgehead atoms. The van der Waals surface area contributed by atoms with Crippen LogP contribution in [-0.4, -0.2) is 31.0 Å². The van der Waals surface area contributed by atoms with E-state index >= 15 is 0 Å². The Morgan fingerprint density at radius 2 is 1.67 bits per heavy atom. The van der Waals surface area contributed by atoms with Crippen molar-refractivity contribution < 1.29 is 14.7 Å². The second-order valence-corrected chi connectivity index (χ2v) is 4.73. The zero-order valence-corrected chi connectivity index (χ0v) is 11.8. The molecule has 6 nitrogen and oxygen atoms in total. The predicted molar refractivity (Wildman–Crippen MR) is 77.8 cm³/mol. The van der Waals surface area contributed by atoms with Crippen molar-refractivity contribution in [3.05, 3.63) is 35.7 Å². The van der Waals surface area contributed by atoms with Gasteiger partial charge in [0.05, 0.1) is 17.8 Å². The summed E-state index contributed by atoms with van der Waals surface area (Å²) < 4.78 is 0. The second-order valence-electron chi connectivity index (χ2n) is 4.73. The normalized spacial score (nSPS) is 12.9. The van der Waals surface area contributed by atoms with Crippen LogP contribution in [0.1, 0.15) is 12.8 Å². The van der Waals surface area contributed by atoms with E-state index in [2.05, 4.69) is 0 Å². The number of nitrogens with zero attached hydrogens (tertiary/aromatic N) is 3. The molecule has 1 aromatic rings. The zero-order chi connectivity index (χ0) is 15.6. The molecule has 1 heterocycles. The fraction of sp³-hybridized carbons (Fsp3) is 0.267. The van der Waals surface area contributed by atoms with E-state index in [9.17, 15) is 14.9 Å². The molecule has 0 spiro atoms. The van der Waals surface area contributed by atoms with Crippen LogP contribution in [0.2, 0.25) is 0 Å². The number of Topliss-reactive ketones (excluding diaryl/α,β-unsaturated/α-hetero) is 1. The number of allylic oxidation sites excluding steroid dienone is 1. The van der Waals surface area contributed by atoms with Crippen molar-refractivity contribution in [2.45, 2.75) is 12.8 Å². The van der Waals surface area contributed by atoms with E-state index in [1.54, 1.807) is 23.9 Å². The molecule has 21 heavy (non-hydrogen) atoms. The molecule has 0 unspecified atom stereocenters. The van der Waals surface area contributed by atoms with E-state index in [0.29, 0.717) is 5.82 Å². The Morgan fingerprint density at radius 3 is 2.10 bits per heavy atom. The maximum absolute atomic E-state index is 12.1. The minimum Gasteiger partial charge on any atom is -0.481 e. The summed E-state index contributed by atoms with van der Waals surface area (Å²) in [6.07, 6.45) is -0.461. The first-order valence-corrected chi connectivity index (χ1v) is 6.43. The van der Waals surface area contributed by atoms with Crippen LogP contribution in [0.25, 0.3) is 0 Å². The van der Waals surface area contributed by atoms with Crippen LogP contribution in [0.3, 0.4) is 0 Å². The lowest BCUT2D eigenvalue weighted by Crippen LogP contribution is -2.26. The van der Waals surface area contributed by atoms with Gasteiger partial charge < -0.3 is 14.9 Å². The highest BCUT2D eigenvalue weighted by atomic mass is 16.4. The number of carboxylic acids is 1. The molecule has 0 saturated heterocycles. The van der Waals surface area contributed by atoms with E-state index in [1.807, 2.05) is 30.3 Å². The molecule has 108 valence electrons. The lowest BCUT2D eigenvalue weighted by atomic mass is 10.1. The number of carbonyl (C=O) groups is 2. The van der Waals surface area contributed by atoms with Crippen LogP contribution in [0, 0.1) is 11.3 Å². The van der Waals surface area contributed by atoms with E-state index in [1.165, 1.54) is 0 Å². The van der Waals surface area contributed by atoms with Crippen LogP contribution in [-0.2, 0) is 9.59 Å². The van der Waals surface area contributed by atoms with E-state index in [4.69, 9.17) is 5.11 Å². The van der Waals surface area contributed by atoms with Gasteiger partial charge in [-0.05, 0) is 12.1 Å². The summed E-state index contributed by atoms with van der Waals surface area (Å²) in [5, 5.41) is 18.0. The van der Waals surface area contributed by atoms with Crippen molar-refractivity contribution in [1.82, 2.24) is 0 Å². The second kappa shape index (κ2) is 5.67. The monoisotopic (exact) mass is 285 g/mol. The Labute approximate surface area is 122 Å². The van der Waals surface area contributed by atoms with Gasteiger partial charge in [0.2, 0.25) is 0 Å². The summed E-state index contributed by atoms with van der Waals surface area (Å²) in [6.45, 7) is 0. The van der Waals surface area contributed by atoms with Crippen molar-refractivity contribution in [2.75, 3.05) is 23.9 Å². The summed E-state index contributed by atoms with van der Waals surface area (Å²) in [4.78, 5) is 26.2. The number of rotatable bonds is 4. The molecular weight excluding hydrogens is 270 g/mol. The van der Waals surface area contributed by atoms with Gasteiger partial charge in [-0.15, -0.1) is 0 Å². The van der Waals surface area contributed by atoms with Crippen molar-refractivity contribution in [2.24, 2.45) is 0 Å². The summed E-state index contributed by atoms with van der Waals surface area (Å²) in [5.74, 6) is -1.03. The van der Waals surface area contributed by atoms with Gasteiger partial charge in [-0.1, -0.05) is 12.1 Å². The topological polar surface area (TPSA) is 84.6 Å². The van der Waals surface area contributed by atoms with E-state index < -0.39 is 11.8 Å². The standard InChI is InChI=1S/C15H15N3O3/c1-17-11-5-3-4-6-12(11)18(2)15(17)10(9-16)13(19)7-8-14(20)21/h3-6H,7-8H2,1-2H3,(H,20,21). The zero-order valence-electron chi connectivity index (χ0n) is 11.8. The molecule has 0 amide bonds. The molecular formula is C15H15N3O3. The average Bonchev–Trinajstić information content (AvgIpc) is 2.72. The number of ketones is 1. The van der Waals surface area contributed by atoms with Crippen LogP contribution in [0.5, 0.6) is 0 Å². The number of nitriles is 1. The molecule has 0 radical (unpaired) electrons. The molecule has 0 saturated carbocycles. The third-order valence-electron chi connectivity index (χ3n) is 3.42. The van der Waals surface area contributed by atoms with Crippen LogP contribution in [0.15, 0.2) is 35.7 Å². The Bertz CT molecular complexity index is 642. The van der Waals surface area contributed by atoms with Crippen molar-refractivity contribution in [1.29, 1.82) is 5.26 Å². The first-order chi connectivity index (χ1) is 9.97. The van der Waals surface area contributed by atoms with Gasteiger partial charge in [0, 0.05) is 20.5 Å². The molecule has 0 aliphatic carbocycles. The SMILES string of the molecule is CN1C(=C(C#N)C(=O)CCC(=O)O)N(C)c2ccccc21. The van der Waals surface area contributed by atoms with Crippen molar-refractivity contribution in [3.63, 3.8) is 0 Å². The number of benzene rings is 1. The molecule has 0 fully saturated rings. The predicted octanol–water partition coefficient (Wildman–Crippen LogP) is 1.74. The lowest BCUT2D eigenvalue weighted by molar-refractivity contribution is -0.138. The highest BCUT2D eigenvalue weighted by Gasteiger charge is 2.31. The number of aliphatic carboxylic acids is 1. The third-order valence-corrected chi connectivity index (χ3v) is 3.42. The van der Waals surface area contributed by atoms with Gasteiger partial charge in [-0.3, -0.25) is 9.59 Å². The minimum atomic E-state index is -1.05. The maximum atomic E-state index is 12.1. The van der Waals surface area contributed by atoms with Gasteiger partial charge in [0.25, 0.3) is 0 Å². The summed E-state index contributed by atoms with van der Waals surface area (Å²) >= 11 is 0. The number of para-hydroxylation sites is 2. The van der Waals surface area contributed by atoms with E-state index in [0.717, 1.165) is 11.4 Å². The molecule has 1 aliphatic heterocycles. The van der Waals surface area contributed by atoms with E-state index in [-0.39, 0.29) is 18.4 Å². The molecule has 1 aromatic carbocycles. The lowest BCUT2D eigenvalue weighted by Gasteiger charge is -2.19. The first-order valence-electron chi connectivity index (χ1n) is 6.43. The van der Waals surface area contributed by atoms with Gasteiger partial charge in [-0.2, -0.15) is 5.26 Å². The summed E-state index contributed by atoms with van der Waals surface area (Å²) in [7, 11) is 3.55. The Balaban J connectivity index is 2.41. The molecule has 0 aromatic heterocycles. The highest BCUT2D eigenvalue weighted by molar-refractivity contribution is 6.03. The number of fused-ring (bicyclic) bond motifs is 1. The Hall–Kier alpha value is -2.81. The Morgan fingerprint density at radius 1 is 1.14 bits per heavy atom.